The first kappa shape index (κ1) is 12.6. The van der Waals surface area contributed by atoms with Crippen LogP contribution in [-0.2, 0) is 10.0 Å². The predicted molar refractivity (Wildman–Crippen MR) is 68.3 cm³/mol. The second-order valence-corrected chi connectivity index (χ2v) is 6.50. The fraction of sp³-hybridized carbons (Fsp3) is 0.538. The molecule has 0 bridgehead atoms. The van der Waals surface area contributed by atoms with E-state index in [4.69, 9.17) is 0 Å². The third kappa shape index (κ3) is 3.07. The van der Waals surface area contributed by atoms with Crippen molar-refractivity contribution >= 4 is 10.0 Å². The summed E-state index contributed by atoms with van der Waals surface area (Å²) in [6.45, 7) is 2.40. The van der Waals surface area contributed by atoms with E-state index in [1.165, 1.54) is 12.8 Å². The first-order chi connectivity index (χ1) is 8.09. The monoisotopic (exact) mass is 253 g/mol. The molecule has 3 nitrogen and oxygen atoms in total. The fourth-order valence-electron chi connectivity index (χ4n) is 2.38. The lowest BCUT2D eigenvalue weighted by Crippen LogP contribution is -2.29. The van der Waals surface area contributed by atoms with E-state index in [-0.39, 0.29) is 0 Å². The van der Waals surface area contributed by atoms with Gasteiger partial charge in [0.1, 0.15) is 0 Å². The Hall–Kier alpha value is -0.870. The molecule has 1 saturated carbocycles. The van der Waals surface area contributed by atoms with Gasteiger partial charge in [-0.05, 0) is 37.3 Å². The first-order valence-electron chi connectivity index (χ1n) is 6.15. The van der Waals surface area contributed by atoms with Crippen LogP contribution in [0.25, 0.3) is 0 Å². The Balaban J connectivity index is 2.06. The van der Waals surface area contributed by atoms with E-state index >= 15 is 0 Å². The predicted octanol–water partition coefficient (Wildman–Crippen LogP) is 2.46. The summed E-state index contributed by atoms with van der Waals surface area (Å²) in [6, 6.07) is 7.10. The number of benzene rings is 1. The number of hydrogen-bond donors (Lipinski definition) is 1. The van der Waals surface area contributed by atoms with Gasteiger partial charge < -0.3 is 0 Å². The van der Waals surface area contributed by atoms with E-state index in [0.717, 1.165) is 18.4 Å². The van der Waals surface area contributed by atoms with Crippen molar-refractivity contribution in [1.29, 1.82) is 0 Å². The second-order valence-electron chi connectivity index (χ2n) is 4.77. The minimum absolute atomic E-state index is 0.401. The van der Waals surface area contributed by atoms with Gasteiger partial charge in [0.05, 0.1) is 4.90 Å². The maximum Gasteiger partial charge on any atom is 0.240 e. The minimum atomic E-state index is -3.33. The summed E-state index contributed by atoms with van der Waals surface area (Å²) in [5, 5.41) is 0. The van der Waals surface area contributed by atoms with Gasteiger partial charge in [-0.1, -0.05) is 31.0 Å². The third-order valence-corrected chi connectivity index (χ3v) is 5.00. The molecule has 1 fully saturated rings. The van der Waals surface area contributed by atoms with Crippen LogP contribution in [0.3, 0.4) is 0 Å². The standard InChI is InChI=1S/C13H19NO2S/c1-11-6-2-5-9-13(11)17(15,16)14-10-12-7-3-4-8-12/h2,5-6,9,12,14H,3-4,7-8,10H2,1H3. The number of sulfonamides is 1. The van der Waals surface area contributed by atoms with Gasteiger partial charge in [-0.25, -0.2) is 13.1 Å². The van der Waals surface area contributed by atoms with Crippen LogP contribution in [0.1, 0.15) is 31.2 Å². The molecule has 0 heterocycles. The van der Waals surface area contributed by atoms with Crippen LogP contribution in [0.4, 0.5) is 0 Å². The molecule has 2 rings (SSSR count). The lowest BCUT2D eigenvalue weighted by Gasteiger charge is -2.12. The van der Waals surface area contributed by atoms with E-state index in [9.17, 15) is 8.42 Å². The van der Waals surface area contributed by atoms with Crippen molar-refractivity contribution in [2.75, 3.05) is 6.54 Å². The van der Waals surface area contributed by atoms with Gasteiger partial charge in [0, 0.05) is 6.54 Å². The zero-order chi connectivity index (χ0) is 12.3. The van der Waals surface area contributed by atoms with Crippen molar-refractivity contribution in [2.24, 2.45) is 5.92 Å². The molecular weight excluding hydrogens is 234 g/mol. The molecule has 0 aromatic heterocycles. The Morgan fingerprint density at radius 1 is 1.24 bits per heavy atom. The van der Waals surface area contributed by atoms with Crippen LogP contribution in [0.5, 0.6) is 0 Å². The molecule has 1 N–H and O–H groups in total. The molecular formula is C13H19NO2S. The highest BCUT2D eigenvalue weighted by Crippen LogP contribution is 2.24. The van der Waals surface area contributed by atoms with Gasteiger partial charge in [0.15, 0.2) is 0 Å². The van der Waals surface area contributed by atoms with Crippen molar-refractivity contribution in [1.82, 2.24) is 4.72 Å². The van der Waals surface area contributed by atoms with Gasteiger partial charge in [-0.15, -0.1) is 0 Å². The first-order valence-corrected chi connectivity index (χ1v) is 7.63. The lowest BCUT2D eigenvalue weighted by atomic mass is 10.1. The summed E-state index contributed by atoms with van der Waals surface area (Å²) >= 11 is 0. The molecule has 4 heteroatoms. The maximum atomic E-state index is 12.1. The van der Waals surface area contributed by atoms with Crippen molar-refractivity contribution < 1.29 is 8.42 Å². The zero-order valence-corrected chi connectivity index (χ0v) is 11.0. The average Bonchev–Trinajstić information content (AvgIpc) is 2.80. The molecule has 1 aromatic rings. The number of hydrogen-bond acceptors (Lipinski definition) is 2. The van der Waals surface area contributed by atoms with Gasteiger partial charge in [-0.2, -0.15) is 0 Å². The Bertz CT molecular complexity index is 476. The highest BCUT2D eigenvalue weighted by molar-refractivity contribution is 7.89. The molecule has 0 unspecified atom stereocenters. The summed E-state index contributed by atoms with van der Waals surface area (Å²) < 4.78 is 26.9. The summed E-state index contributed by atoms with van der Waals surface area (Å²) in [4.78, 5) is 0.401. The molecule has 94 valence electrons. The molecule has 1 aliphatic carbocycles. The Labute approximate surface area is 103 Å². The van der Waals surface area contributed by atoms with Crippen LogP contribution in [-0.4, -0.2) is 15.0 Å². The van der Waals surface area contributed by atoms with Gasteiger partial charge in [0.25, 0.3) is 0 Å². The molecule has 0 amide bonds. The number of rotatable bonds is 4. The topological polar surface area (TPSA) is 46.2 Å². The van der Waals surface area contributed by atoms with Crippen LogP contribution >= 0.6 is 0 Å². The van der Waals surface area contributed by atoms with Crippen LogP contribution < -0.4 is 4.72 Å². The quantitative estimate of drug-likeness (QED) is 0.896. The molecule has 17 heavy (non-hydrogen) atoms. The van der Waals surface area contributed by atoms with Gasteiger partial charge in [-0.3, -0.25) is 0 Å². The molecule has 0 radical (unpaired) electrons. The average molecular weight is 253 g/mol. The van der Waals surface area contributed by atoms with Crippen molar-refractivity contribution in [2.45, 2.75) is 37.5 Å². The second kappa shape index (κ2) is 5.19. The van der Waals surface area contributed by atoms with E-state index in [2.05, 4.69) is 4.72 Å². The largest absolute Gasteiger partial charge is 0.240 e. The summed E-state index contributed by atoms with van der Waals surface area (Å²) in [5.74, 6) is 0.522. The Kier molecular flexibility index (Phi) is 3.84. The minimum Gasteiger partial charge on any atom is -0.211 e. The zero-order valence-electron chi connectivity index (χ0n) is 10.1. The normalized spacial score (nSPS) is 17.5. The number of aryl methyl sites for hydroxylation is 1. The van der Waals surface area contributed by atoms with Crippen LogP contribution in [0.15, 0.2) is 29.2 Å². The highest BCUT2D eigenvalue weighted by Gasteiger charge is 2.20. The van der Waals surface area contributed by atoms with Crippen molar-refractivity contribution in [3.05, 3.63) is 29.8 Å². The SMILES string of the molecule is Cc1ccccc1S(=O)(=O)NCC1CCCC1. The maximum absolute atomic E-state index is 12.1. The lowest BCUT2D eigenvalue weighted by molar-refractivity contribution is 0.519. The van der Waals surface area contributed by atoms with Gasteiger partial charge >= 0.3 is 0 Å². The van der Waals surface area contributed by atoms with Crippen LogP contribution in [0, 0.1) is 12.8 Å². The summed E-state index contributed by atoms with van der Waals surface area (Å²) in [6.07, 6.45) is 4.76. The molecule has 1 aromatic carbocycles. The molecule has 0 spiro atoms. The van der Waals surface area contributed by atoms with E-state index in [0.29, 0.717) is 17.4 Å². The number of nitrogens with one attached hydrogen (secondary N) is 1. The van der Waals surface area contributed by atoms with Crippen molar-refractivity contribution in [3.8, 4) is 0 Å². The fourth-order valence-corrected chi connectivity index (χ4v) is 3.74. The van der Waals surface area contributed by atoms with Gasteiger partial charge in [0.2, 0.25) is 10.0 Å². The van der Waals surface area contributed by atoms with Crippen LogP contribution in [0.2, 0.25) is 0 Å². The molecule has 1 aliphatic rings. The van der Waals surface area contributed by atoms with E-state index in [1.54, 1.807) is 12.1 Å². The Morgan fingerprint density at radius 2 is 1.88 bits per heavy atom. The van der Waals surface area contributed by atoms with Crippen molar-refractivity contribution in [3.63, 3.8) is 0 Å². The third-order valence-electron chi connectivity index (χ3n) is 3.42. The smallest absolute Gasteiger partial charge is 0.211 e. The molecule has 0 atom stereocenters. The molecule has 0 aliphatic heterocycles. The molecule has 0 saturated heterocycles. The van der Waals surface area contributed by atoms with E-state index < -0.39 is 10.0 Å². The van der Waals surface area contributed by atoms with E-state index in [1.807, 2.05) is 19.1 Å². The highest BCUT2D eigenvalue weighted by atomic mass is 32.2. The Morgan fingerprint density at radius 3 is 2.53 bits per heavy atom. The summed E-state index contributed by atoms with van der Waals surface area (Å²) in [7, 11) is -3.33. The summed E-state index contributed by atoms with van der Waals surface area (Å²) in [5.41, 5.74) is 0.798.